The Morgan fingerprint density at radius 3 is 2.58 bits per heavy atom. The van der Waals surface area contributed by atoms with Crippen LogP contribution in [0, 0.1) is 0 Å². The molecule has 0 saturated carbocycles. The minimum atomic E-state index is 0.646. The number of halogens is 2. The van der Waals surface area contributed by atoms with E-state index in [4.69, 9.17) is 27.9 Å². The highest BCUT2D eigenvalue weighted by Gasteiger charge is 2.06. The first-order chi connectivity index (χ1) is 9.19. The van der Waals surface area contributed by atoms with Crippen LogP contribution in [-0.2, 0) is 6.54 Å². The first kappa shape index (κ1) is 14.2. The van der Waals surface area contributed by atoms with Gasteiger partial charge < -0.3 is 10.1 Å². The van der Waals surface area contributed by atoms with Crippen LogP contribution in [-0.4, -0.2) is 6.54 Å². The number of ether oxygens (including phenoxy) is 1. The summed E-state index contributed by atoms with van der Waals surface area (Å²) in [5, 5.41) is 4.57. The van der Waals surface area contributed by atoms with E-state index in [1.54, 1.807) is 6.07 Å². The summed E-state index contributed by atoms with van der Waals surface area (Å²) in [6.45, 7) is 3.70. The van der Waals surface area contributed by atoms with Gasteiger partial charge in [-0.05, 0) is 36.9 Å². The molecule has 0 atom stereocenters. The smallest absolute Gasteiger partial charge is 0.133 e. The maximum absolute atomic E-state index is 6.02. The average molecular weight is 296 g/mol. The highest BCUT2D eigenvalue weighted by atomic mass is 35.5. The third kappa shape index (κ3) is 4.13. The maximum Gasteiger partial charge on any atom is 0.133 e. The van der Waals surface area contributed by atoms with E-state index in [9.17, 15) is 0 Å². The predicted octanol–water partition coefficient (Wildman–Crippen LogP) is 4.90. The largest absolute Gasteiger partial charge is 0.457 e. The zero-order valence-electron chi connectivity index (χ0n) is 10.6. The molecule has 2 nitrogen and oxygen atoms in total. The molecular formula is C15H15Cl2NO. The first-order valence-corrected chi connectivity index (χ1v) is 6.87. The Labute approximate surface area is 123 Å². The number of hydrogen-bond donors (Lipinski definition) is 1. The molecule has 0 aliphatic rings. The Bertz CT molecular complexity index is 558. The van der Waals surface area contributed by atoms with Crippen LogP contribution >= 0.6 is 23.2 Å². The standard InChI is InChI=1S/C15H15Cl2NO/c1-2-18-10-11-6-7-13(17)9-15(11)19-14-5-3-4-12(16)8-14/h3-9,18H,2,10H2,1H3. The molecule has 2 rings (SSSR count). The first-order valence-electron chi connectivity index (χ1n) is 6.11. The van der Waals surface area contributed by atoms with Crippen molar-refractivity contribution in [2.45, 2.75) is 13.5 Å². The topological polar surface area (TPSA) is 21.3 Å². The molecule has 0 aliphatic carbocycles. The van der Waals surface area contributed by atoms with Gasteiger partial charge in [0.2, 0.25) is 0 Å². The highest BCUT2D eigenvalue weighted by Crippen LogP contribution is 2.29. The van der Waals surface area contributed by atoms with Crippen LogP contribution in [0.4, 0.5) is 0 Å². The molecule has 19 heavy (non-hydrogen) atoms. The molecule has 100 valence electrons. The van der Waals surface area contributed by atoms with E-state index < -0.39 is 0 Å². The van der Waals surface area contributed by atoms with Gasteiger partial charge in [0.05, 0.1) is 0 Å². The summed E-state index contributed by atoms with van der Waals surface area (Å²) in [5.74, 6) is 1.45. The number of rotatable bonds is 5. The Kier molecular flexibility index (Phi) is 5.08. The summed E-state index contributed by atoms with van der Waals surface area (Å²) >= 11 is 12.0. The Hall–Kier alpha value is -1.22. The van der Waals surface area contributed by atoms with Gasteiger partial charge >= 0.3 is 0 Å². The van der Waals surface area contributed by atoms with Crippen molar-refractivity contribution in [1.82, 2.24) is 5.32 Å². The van der Waals surface area contributed by atoms with Crippen molar-refractivity contribution in [3.8, 4) is 11.5 Å². The molecule has 2 aromatic carbocycles. The van der Waals surface area contributed by atoms with E-state index in [1.807, 2.05) is 36.4 Å². The van der Waals surface area contributed by atoms with Gasteiger partial charge in [-0.15, -0.1) is 0 Å². The van der Waals surface area contributed by atoms with Crippen LogP contribution < -0.4 is 10.1 Å². The van der Waals surface area contributed by atoms with Crippen LogP contribution in [0.1, 0.15) is 12.5 Å². The fourth-order valence-corrected chi connectivity index (χ4v) is 2.03. The van der Waals surface area contributed by atoms with E-state index in [-0.39, 0.29) is 0 Å². The lowest BCUT2D eigenvalue weighted by molar-refractivity contribution is 0.473. The maximum atomic E-state index is 6.02. The third-order valence-electron chi connectivity index (χ3n) is 2.62. The summed E-state index contributed by atoms with van der Waals surface area (Å²) in [6, 6.07) is 12.9. The summed E-state index contributed by atoms with van der Waals surface area (Å²) in [5.41, 5.74) is 1.06. The van der Waals surface area contributed by atoms with E-state index in [1.165, 1.54) is 0 Å². The van der Waals surface area contributed by atoms with Gasteiger partial charge in [-0.3, -0.25) is 0 Å². The molecule has 4 heteroatoms. The zero-order chi connectivity index (χ0) is 13.7. The van der Waals surface area contributed by atoms with Crippen LogP contribution in [0.25, 0.3) is 0 Å². The third-order valence-corrected chi connectivity index (χ3v) is 3.09. The van der Waals surface area contributed by atoms with E-state index >= 15 is 0 Å². The Morgan fingerprint density at radius 2 is 1.84 bits per heavy atom. The molecule has 0 aromatic heterocycles. The lowest BCUT2D eigenvalue weighted by Crippen LogP contribution is -2.12. The van der Waals surface area contributed by atoms with Crippen LogP contribution in [0.3, 0.4) is 0 Å². The van der Waals surface area contributed by atoms with Crippen LogP contribution in [0.15, 0.2) is 42.5 Å². The normalized spacial score (nSPS) is 10.5. The molecule has 0 amide bonds. The van der Waals surface area contributed by atoms with Gasteiger partial charge in [-0.1, -0.05) is 42.3 Å². The Morgan fingerprint density at radius 1 is 1.05 bits per heavy atom. The molecule has 0 bridgehead atoms. The van der Waals surface area contributed by atoms with Gasteiger partial charge in [0.1, 0.15) is 11.5 Å². The summed E-state index contributed by atoms with van der Waals surface area (Å²) in [7, 11) is 0. The van der Waals surface area contributed by atoms with Crippen molar-refractivity contribution in [2.24, 2.45) is 0 Å². The highest BCUT2D eigenvalue weighted by molar-refractivity contribution is 6.31. The molecule has 0 fully saturated rings. The minimum Gasteiger partial charge on any atom is -0.457 e. The van der Waals surface area contributed by atoms with Crippen LogP contribution in [0.5, 0.6) is 11.5 Å². The number of hydrogen-bond acceptors (Lipinski definition) is 2. The van der Waals surface area contributed by atoms with Gasteiger partial charge in [-0.2, -0.15) is 0 Å². The van der Waals surface area contributed by atoms with Gasteiger partial charge in [0.15, 0.2) is 0 Å². The zero-order valence-corrected chi connectivity index (χ0v) is 12.1. The lowest BCUT2D eigenvalue weighted by Gasteiger charge is -2.12. The number of nitrogens with one attached hydrogen (secondary N) is 1. The summed E-state index contributed by atoms with van der Waals surface area (Å²) in [6.07, 6.45) is 0. The van der Waals surface area contributed by atoms with Gasteiger partial charge in [0.25, 0.3) is 0 Å². The van der Waals surface area contributed by atoms with Crippen molar-refractivity contribution in [1.29, 1.82) is 0 Å². The molecule has 2 aromatic rings. The van der Waals surface area contributed by atoms with Crippen molar-refractivity contribution in [3.63, 3.8) is 0 Å². The summed E-state index contributed by atoms with van der Waals surface area (Å²) in [4.78, 5) is 0. The minimum absolute atomic E-state index is 0.646. The van der Waals surface area contributed by atoms with Crippen LogP contribution in [0.2, 0.25) is 10.0 Å². The van der Waals surface area contributed by atoms with Crippen molar-refractivity contribution >= 4 is 23.2 Å². The van der Waals surface area contributed by atoms with E-state index in [2.05, 4.69) is 12.2 Å². The molecule has 0 heterocycles. The second kappa shape index (κ2) is 6.80. The second-order valence-corrected chi connectivity index (χ2v) is 4.96. The molecular weight excluding hydrogens is 281 g/mol. The summed E-state index contributed by atoms with van der Waals surface area (Å²) < 4.78 is 5.86. The van der Waals surface area contributed by atoms with Crippen molar-refractivity contribution in [3.05, 3.63) is 58.1 Å². The molecule has 0 spiro atoms. The van der Waals surface area contributed by atoms with E-state index in [0.29, 0.717) is 15.8 Å². The second-order valence-electron chi connectivity index (χ2n) is 4.09. The molecule has 1 N–H and O–H groups in total. The van der Waals surface area contributed by atoms with Gasteiger partial charge in [-0.25, -0.2) is 0 Å². The van der Waals surface area contributed by atoms with Crippen molar-refractivity contribution in [2.75, 3.05) is 6.54 Å². The fraction of sp³-hybridized carbons (Fsp3) is 0.200. The predicted molar refractivity (Wildman–Crippen MR) is 80.4 cm³/mol. The average Bonchev–Trinajstić information content (AvgIpc) is 2.38. The quantitative estimate of drug-likeness (QED) is 0.847. The molecule has 0 radical (unpaired) electrons. The monoisotopic (exact) mass is 295 g/mol. The SMILES string of the molecule is CCNCc1ccc(Cl)cc1Oc1cccc(Cl)c1. The fourth-order valence-electron chi connectivity index (χ4n) is 1.69. The van der Waals surface area contributed by atoms with E-state index in [0.717, 1.165) is 24.4 Å². The molecule has 0 unspecified atom stereocenters. The number of benzene rings is 2. The molecule has 0 aliphatic heterocycles. The lowest BCUT2D eigenvalue weighted by atomic mass is 10.2. The Balaban J connectivity index is 2.24. The van der Waals surface area contributed by atoms with Gasteiger partial charge in [0, 0.05) is 22.2 Å². The molecule has 0 saturated heterocycles. The van der Waals surface area contributed by atoms with Crippen molar-refractivity contribution < 1.29 is 4.74 Å².